The Balaban J connectivity index is 2.29. The molecule has 0 bridgehead atoms. The van der Waals surface area contributed by atoms with E-state index in [2.05, 4.69) is 0 Å². The van der Waals surface area contributed by atoms with Gasteiger partial charge in [0.25, 0.3) is 5.91 Å². The monoisotopic (exact) mass is 278 g/mol. The van der Waals surface area contributed by atoms with Gasteiger partial charge in [-0.05, 0) is 12.1 Å². The van der Waals surface area contributed by atoms with Crippen LogP contribution in [0.4, 0.5) is 5.69 Å². The van der Waals surface area contributed by atoms with Gasteiger partial charge in [0.15, 0.2) is 0 Å². The summed E-state index contributed by atoms with van der Waals surface area (Å²) < 4.78 is 6.21. The Hall–Kier alpha value is -2.94. The minimum atomic E-state index is -0.756. The van der Waals surface area contributed by atoms with Crippen LogP contribution < -0.4 is 16.8 Å². The Morgan fingerprint density at radius 2 is 2.30 bits per heavy atom. The number of nitrogens with one attached hydrogen (secondary N) is 1. The van der Waals surface area contributed by atoms with Gasteiger partial charge in [-0.25, -0.2) is 5.84 Å². The van der Waals surface area contributed by atoms with Crippen molar-refractivity contribution in [2.75, 3.05) is 0 Å². The van der Waals surface area contributed by atoms with Crippen molar-refractivity contribution in [3.05, 3.63) is 62.5 Å². The molecule has 0 aliphatic rings. The van der Waals surface area contributed by atoms with Gasteiger partial charge in [0, 0.05) is 12.3 Å². The van der Waals surface area contributed by atoms with E-state index in [-0.39, 0.29) is 12.1 Å². The maximum Gasteiger partial charge on any atom is 0.334 e. The van der Waals surface area contributed by atoms with Crippen LogP contribution in [0.3, 0.4) is 0 Å². The molecule has 0 spiro atoms. The maximum absolute atomic E-state index is 11.8. The van der Waals surface area contributed by atoms with Crippen molar-refractivity contribution in [2.24, 2.45) is 5.84 Å². The first-order valence-corrected chi connectivity index (χ1v) is 5.45. The first-order chi connectivity index (χ1) is 9.52. The lowest BCUT2D eigenvalue weighted by Gasteiger charge is -2.01. The number of nitrogens with two attached hydrogens (primary N) is 1. The fourth-order valence-electron chi connectivity index (χ4n) is 1.62. The van der Waals surface area contributed by atoms with E-state index in [0.29, 0.717) is 5.76 Å². The van der Waals surface area contributed by atoms with Gasteiger partial charge in [-0.3, -0.25) is 25.1 Å². The molecule has 0 aromatic carbocycles. The molecule has 0 atom stereocenters. The lowest BCUT2D eigenvalue weighted by Crippen LogP contribution is -2.29. The molecule has 1 amide bonds. The molecule has 0 saturated heterocycles. The van der Waals surface area contributed by atoms with Crippen LogP contribution >= 0.6 is 0 Å². The molecule has 9 heteroatoms. The number of furan rings is 1. The summed E-state index contributed by atoms with van der Waals surface area (Å²) in [6.45, 7) is -0.0294. The van der Waals surface area contributed by atoms with E-state index < -0.39 is 22.1 Å². The fraction of sp³-hybridized carbons (Fsp3) is 0.0909. The Labute approximate surface area is 111 Å². The Bertz CT molecular complexity index is 718. The normalized spacial score (nSPS) is 10.2. The van der Waals surface area contributed by atoms with Gasteiger partial charge in [0.05, 0.1) is 17.0 Å². The molecular weight excluding hydrogens is 268 g/mol. The number of nitrogen functional groups attached to an aromatic ring is 1. The molecule has 20 heavy (non-hydrogen) atoms. The zero-order chi connectivity index (χ0) is 14.7. The summed E-state index contributed by atoms with van der Waals surface area (Å²) >= 11 is 0. The summed E-state index contributed by atoms with van der Waals surface area (Å²) in [5.41, 5.74) is 0.853. The zero-order valence-corrected chi connectivity index (χ0v) is 10.1. The molecule has 2 heterocycles. The van der Waals surface area contributed by atoms with Crippen LogP contribution in [0.5, 0.6) is 0 Å². The van der Waals surface area contributed by atoms with Gasteiger partial charge in [0.2, 0.25) is 0 Å². The van der Waals surface area contributed by atoms with E-state index in [1.54, 1.807) is 0 Å². The standard InChI is InChI=1S/C11H10N4O5/c12-13-10(16)7-4-8(20-6-7)5-14-3-1-2-9(11(14)17)15(18)19/h1-4,6H,5,12H2,(H,13,16). The topological polar surface area (TPSA) is 133 Å². The Kier molecular flexibility index (Phi) is 3.62. The van der Waals surface area contributed by atoms with Crippen molar-refractivity contribution < 1.29 is 14.1 Å². The summed E-state index contributed by atoms with van der Waals surface area (Å²) in [4.78, 5) is 32.9. The van der Waals surface area contributed by atoms with Crippen LogP contribution in [-0.2, 0) is 6.54 Å². The van der Waals surface area contributed by atoms with Gasteiger partial charge in [-0.1, -0.05) is 0 Å². The number of nitro groups is 1. The predicted molar refractivity (Wildman–Crippen MR) is 66.8 cm³/mol. The number of nitrogens with zero attached hydrogens (tertiary/aromatic N) is 2. The summed E-state index contributed by atoms with van der Waals surface area (Å²) in [6.07, 6.45) is 2.57. The molecule has 0 saturated carbocycles. The average Bonchev–Trinajstić information content (AvgIpc) is 2.88. The molecule has 0 radical (unpaired) electrons. The van der Waals surface area contributed by atoms with Crippen LogP contribution in [0.2, 0.25) is 0 Å². The Morgan fingerprint density at radius 1 is 1.55 bits per heavy atom. The van der Waals surface area contributed by atoms with Crippen molar-refractivity contribution in [2.45, 2.75) is 6.54 Å². The molecule has 2 rings (SSSR count). The average molecular weight is 278 g/mol. The minimum Gasteiger partial charge on any atom is -0.467 e. The lowest BCUT2D eigenvalue weighted by molar-refractivity contribution is -0.386. The van der Waals surface area contributed by atoms with Gasteiger partial charge < -0.3 is 8.98 Å². The third-order valence-corrected chi connectivity index (χ3v) is 2.57. The van der Waals surface area contributed by atoms with Crippen molar-refractivity contribution in [1.82, 2.24) is 9.99 Å². The summed E-state index contributed by atoms with van der Waals surface area (Å²) in [6, 6.07) is 3.90. The highest BCUT2D eigenvalue weighted by Crippen LogP contribution is 2.10. The molecule has 0 unspecified atom stereocenters. The second-order valence-corrected chi connectivity index (χ2v) is 3.86. The van der Waals surface area contributed by atoms with Crippen molar-refractivity contribution in [3.63, 3.8) is 0 Å². The van der Waals surface area contributed by atoms with E-state index in [9.17, 15) is 19.7 Å². The highest BCUT2D eigenvalue weighted by atomic mass is 16.6. The summed E-state index contributed by atoms with van der Waals surface area (Å²) in [5.74, 6) is 4.73. The van der Waals surface area contributed by atoms with E-state index in [1.807, 2.05) is 5.43 Å². The molecule has 9 nitrogen and oxygen atoms in total. The van der Waals surface area contributed by atoms with E-state index in [1.165, 1.54) is 24.6 Å². The molecule has 2 aromatic rings. The number of aromatic nitrogens is 1. The van der Waals surface area contributed by atoms with Gasteiger partial charge in [-0.15, -0.1) is 0 Å². The SMILES string of the molecule is NNC(=O)c1coc(Cn2cccc([N+](=O)[O-])c2=O)c1. The van der Waals surface area contributed by atoms with Crippen LogP contribution in [0.1, 0.15) is 16.1 Å². The third kappa shape index (κ3) is 2.57. The molecule has 0 aliphatic heterocycles. The smallest absolute Gasteiger partial charge is 0.334 e. The Morgan fingerprint density at radius 3 is 2.95 bits per heavy atom. The van der Waals surface area contributed by atoms with Gasteiger partial charge in [-0.2, -0.15) is 0 Å². The highest BCUT2D eigenvalue weighted by Gasteiger charge is 2.15. The number of amides is 1. The second kappa shape index (κ2) is 5.36. The lowest BCUT2D eigenvalue weighted by atomic mass is 10.3. The molecule has 3 N–H and O–H groups in total. The van der Waals surface area contributed by atoms with Crippen LogP contribution in [-0.4, -0.2) is 15.4 Å². The van der Waals surface area contributed by atoms with Gasteiger partial charge >= 0.3 is 11.2 Å². The summed E-state index contributed by atoms with van der Waals surface area (Å²) in [7, 11) is 0. The maximum atomic E-state index is 11.8. The first kappa shape index (κ1) is 13.5. The number of hydrogen-bond donors (Lipinski definition) is 2. The number of hydrazine groups is 1. The van der Waals surface area contributed by atoms with Crippen LogP contribution in [0.25, 0.3) is 0 Å². The van der Waals surface area contributed by atoms with Crippen molar-refractivity contribution in [1.29, 1.82) is 0 Å². The molecule has 0 aliphatic carbocycles. The quantitative estimate of drug-likeness (QED) is 0.350. The molecule has 2 aromatic heterocycles. The third-order valence-electron chi connectivity index (χ3n) is 2.57. The number of carbonyl (C=O) groups excluding carboxylic acids is 1. The molecule has 104 valence electrons. The van der Waals surface area contributed by atoms with Crippen LogP contribution in [0, 0.1) is 10.1 Å². The van der Waals surface area contributed by atoms with Crippen molar-refractivity contribution in [3.8, 4) is 0 Å². The molecular formula is C11H10N4O5. The van der Waals surface area contributed by atoms with E-state index in [4.69, 9.17) is 10.3 Å². The number of rotatable bonds is 4. The van der Waals surface area contributed by atoms with E-state index in [0.717, 1.165) is 10.6 Å². The van der Waals surface area contributed by atoms with Crippen molar-refractivity contribution >= 4 is 11.6 Å². The fourth-order valence-corrected chi connectivity index (χ4v) is 1.62. The van der Waals surface area contributed by atoms with Crippen LogP contribution in [0.15, 0.2) is 39.9 Å². The number of hydrogen-bond acceptors (Lipinski definition) is 6. The number of carbonyl (C=O) groups is 1. The molecule has 0 fully saturated rings. The minimum absolute atomic E-state index is 0.0294. The summed E-state index contributed by atoms with van der Waals surface area (Å²) in [5, 5.41) is 10.7. The number of pyridine rings is 1. The largest absolute Gasteiger partial charge is 0.467 e. The predicted octanol–water partition coefficient (Wildman–Crippen LogP) is 0.00130. The zero-order valence-electron chi connectivity index (χ0n) is 10.1. The van der Waals surface area contributed by atoms with E-state index >= 15 is 0 Å². The second-order valence-electron chi connectivity index (χ2n) is 3.86. The van der Waals surface area contributed by atoms with Gasteiger partial charge in [0.1, 0.15) is 12.0 Å². The highest BCUT2D eigenvalue weighted by molar-refractivity contribution is 5.93. The first-order valence-electron chi connectivity index (χ1n) is 5.45.